The number of carbonyl (C=O) groups excluding carboxylic acids is 1. The van der Waals surface area contributed by atoms with Crippen LogP contribution in [0, 0.1) is 18.6 Å². The molecular formula is C23H25F2N5O3S. The molecule has 2 heterocycles. The van der Waals surface area contributed by atoms with Gasteiger partial charge in [-0.15, -0.1) is 5.10 Å². The summed E-state index contributed by atoms with van der Waals surface area (Å²) < 4.78 is 55.1. The van der Waals surface area contributed by atoms with Gasteiger partial charge in [0.2, 0.25) is 15.8 Å². The summed E-state index contributed by atoms with van der Waals surface area (Å²) in [6.45, 7) is 6.20. The van der Waals surface area contributed by atoms with Crippen LogP contribution in [0.15, 0.2) is 47.4 Å². The SMILES string of the molecule is Cc1nc(C(=O)N2CCN(S(=O)(=O)c3ccc(F)c(F)c3)CC2)nn1-c1ccccc1C(C)C. The summed E-state index contributed by atoms with van der Waals surface area (Å²) >= 11 is 0. The number of rotatable bonds is 5. The van der Waals surface area contributed by atoms with Gasteiger partial charge in [-0.25, -0.2) is 26.9 Å². The Hall–Kier alpha value is -3.18. The molecule has 1 saturated heterocycles. The quantitative estimate of drug-likeness (QED) is 0.550. The molecular weight excluding hydrogens is 464 g/mol. The second-order valence-electron chi connectivity index (χ2n) is 8.38. The molecule has 4 rings (SSSR count). The zero-order valence-corrected chi connectivity index (χ0v) is 19.9. The predicted octanol–water partition coefficient (Wildman–Crippen LogP) is 3.12. The Bertz CT molecular complexity index is 1330. The monoisotopic (exact) mass is 489 g/mol. The lowest BCUT2D eigenvalue weighted by Gasteiger charge is -2.33. The molecule has 0 aliphatic carbocycles. The second-order valence-corrected chi connectivity index (χ2v) is 10.3. The van der Waals surface area contributed by atoms with Crippen molar-refractivity contribution in [1.29, 1.82) is 0 Å². The van der Waals surface area contributed by atoms with E-state index in [1.807, 2.05) is 24.3 Å². The summed E-state index contributed by atoms with van der Waals surface area (Å²) in [6.07, 6.45) is 0. The summed E-state index contributed by atoms with van der Waals surface area (Å²) in [7, 11) is -4.01. The number of aryl methyl sites for hydroxylation is 1. The molecule has 0 spiro atoms. The number of nitrogens with zero attached hydrogens (tertiary/aromatic N) is 5. The highest BCUT2D eigenvalue weighted by atomic mass is 32.2. The van der Waals surface area contributed by atoms with Crippen molar-refractivity contribution in [3.05, 3.63) is 71.3 Å². The molecule has 0 bridgehead atoms. The molecule has 8 nitrogen and oxygen atoms in total. The molecule has 0 radical (unpaired) electrons. The smallest absolute Gasteiger partial charge is 0.293 e. The predicted molar refractivity (Wildman–Crippen MR) is 121 cm³/mol. The van der Waals surface area contributed by atoms with Crippen molar-refractivity contribution < 1.29 is 22.0 Å². The lowest BCUT2D eigenvalue weighted by Crippen LogP contribution is -2.50. The van der Waals surface area contributed by atoms with Crippen LogP contribution in [0.5, 0.6) is 0 Å². The minimum absolute atomic E-state index is 0.0168. The van der Waals surface area contributed by atoms with Crippen molar-refractivity contribution in [2.24, 2.45) is 0 Å². The number of sulfonamides is 1. The maximum atomic E-state index is 13.5. The van der Waals surface area contributed by atoms with Crippen molar-refractivity contribution in [3.63, 3.8) is 0 Å². The Kier molecular flexibility index (Phi) is 6.50. The van der Waals surface area contributed by atoms with Crippen LogP contribution in [-0.2, 0) is 10.0 Å². The highest BCUT2D eigenvalue weighted by molar-refractivity contribution is 7.89. The molecule has 0 N–H and O–H groups in total. The van der Waals surface area contributed by atoms with Gasteiger partial charge in [0.05, 0.1) is 10.6 Å². The van der Waals surface area contributed by atoms with Gasteiger partial charge in [-0.3, -0.25) is 4.79 Å². The van der Waals surface area contributed by atoms with E-state index in [2.05, 4.69) is 23.9 Å². The van der Waals surface area contributed by atoms with Crippen LogP contribution in [0.1, 0.15) is 41.8 Å². The Morgan fingerprint density at radius 2 is 1.68 bits per heavy atom. The Morgan fingerprint density at radius 1 is 1.00 bits per heavy atom. The molecule has 34 heavy (non-hydrogen) atoms. The lowest BCUT2D eigenvalue weighted by atomic mass is 10.0. The third-order valence-electron chi connectivity index (χ3n) is 5.80. The maximum absolute atomic E-state index is 13.5. The number of carbonyl (C=O) groups is 1. The van der Waals surface area contributed by atoms with Crippen LogP contribution in [0.2, 0.25) is 0 Å². The standard InChI is InChI=1S/C23H25F2N5O3S/c1-15(2)18-6-4-5-7-21(18)30-16(3)26-22(27-30)23(31)28-10-12-29(13-11-28)34(32,33)17-8-9-19(24)20(25)14-17/h4-9,14-15H,10-13H2,1-3H3. The number of benzene rings is 2. The topological polar surface area (TPSA) is 88.4 Å². The van der Waals surface area contributed by atoms with Crippen molar-refractivity contribution in [3.8, 4) is 5.69 Å². The van der Waals surface area contributed by atoms with Gasteiger partial charge >= 0.3 is 0 Å². The first-order valence-corrected chi connectivity index (χ1v) is 12.3. The molecule has 1 aromatic heterocycles. The van der Waals surface area contributed by atoms with Crippen molar-refractivity contribution >= 4 is 15.9 Å². The van der Waals surface area contributed by atoms with Gasteiger partial charge in [0.15, 0.2) is 11.6 Å². The highest BCUT2D eigenvalue weighted by Gasteiger charge is 2.32. The summed E-state index contributed by atoms with van der Waals surface area (Å²) in [5, 5.41) is 4.44. The fraction of sp³-hybridized carbons (Fsp3) is 0.348. The normalized spacial score (nSPS) is 15.2. The van der Waals surface area contributed by atoms with Gasteiger partial charge < -0.3 is 4.90 Å². The third-order valence-corrected chi connectivity index (χ3v) is 7.70. The zero-order valence-electron chi connectivity index (χ0n) is 19.1. The van der Waals surface area contributed by atoms with Crippen LogP contribution in [-0.4, -0.2) is 64.5 Å². The van der Waals surface area contributed by atoms with E-state index in [0.717, 1.165) is 27.7 Å². The summed E-state index contributed by atoms with van der Waals surface area (Å²) in [4.78, 5) is 18.6. The van der Waals surface area contributed by atoms with Crippen LogP contribution in [0.3, 0.4) is 0 Å². The van der Waals surface area contributed by atoms with Crippen LogP contribution in [0.25, 0.3) is 5.69 Å². The van der Waals surface area contributed by atoms with Gasteiger partial charge in [-0.05, 0) is 42.7 Å². The average Bonchev–Trinajstić information content (AvgIpc) is 3.21. The fourth-order valence-corrected chi connectivity index (χ4v) is 5.37. The summed E-state index contributed by atoms with van der Waals surface area (Å²) in [5.74, 6) is -1.89. The van der Waals surface area contributed by atoms with Crippen molar-refractivity contribution in [1.82, 2.24) is 24.0 Å². The van der Waals surface area contributed by atoms with Crippen LogP contribution >= 0.6 is 0 Å². The van der Waals surface area contributed by atoms with E-state index in [1.165, 1.54) is 4.90 Å². The first-order chi connectivity index (χ1) is 16.1. The largest absolute Gasteiger partial charge is 0.333 e. The first-order valence-electron chi connectivity index (χ1n) is 10.9. The van der Waals surface area contributed by atoms with Gasteiger partial charge in [0, 0.05) is 26.2 Å². The van der Waals surface area contributed by atoms with E-state index in [1.54, 1.807) is 11.6 Å². The molecule has 0 saturated carbocycles. The zero-order chi connectivity index (χ0) is 24.6. The number of halogens is 2. The van der Waals surface area contributed by atoms with Gasteiger partial charge in [0.25, 0.3) is 5.91 Å². The fourth-order valence-electron chi connectivity index (χ4n) is 3.94. The van der Waals surface area contributed by atoms with Gasteiger partial charge in [-0.2, -0.15) is 4.31 Å². The van der Waals surface area contributed by atoms with Gasteiger partial charge in [0.1, 0.15) is 5.82 Å². The molecule has 3 aromatic rings. The van der Waals surface area contributed by atoms with E-state index in [4.69, 9.17) is 0 Å². The van der Waals surface area contributed by atoms with E-state index in [-0.39, 0.29) is 42.8 Å². The van der Waals surface area contributed by atoms with E-state index in [9.17, 15) is 22.0 Å². The molecule has 1 aliphatic heterocycles. The number of hydrogen-bond donors (Lipinski definition) is 0. The van der Waals surface area contributed by atoms with Crippen LogP contribution < -0.4 is 0 Å². The van der Waals surface area contributed by atoms with Gasteiger partial charge in [-0.1, -0.05) is 32.0 Å². The van der Waals surface area contributed by atoms with E-state index >= 15 is 0 Å². The van der Waals surface area contributed by atoms with Crippen molar-refractivity contribution in [2.45, 2.75) is 31.6 Å². The number of para-hydroxylation sites is 1. The van der Waals surface area contributed by atoms with E-state index in [0.29, 0.717) is 11.9 Å². The number of amides is 1. The molecule has 1 fully saturated rings. The van der Waals surface area contributed by atoms with Crippen LogP contribution in [0.4, 0.5) is 8.78 Å². The number of aromatic nitrogens is 3. The molecule has 11 heteroatoms. The molecule has 2 aromatic carbocycles. The molecule has 0 atom stereocenters. The number of piperazine rings is 1. The van der Waals surface area contributed by atoms with E-state index < -0.39 is 27.6 Å². The second kappa shape index (κ2) is 9.22. The lowest BCUT2D eigenvalue weighted by molar-refractivity contribution is 0.0685. The first kappa shape index (κ1) is 24.0. The molecule has 1 amide bonds. The molecule has 1 aliphatic rings. The summed E-state index contributed by atoms with van der Waals surface area (Å²) in [5.41, 5.74) is 1.93. The Labute approximate surface area is 196 Å². The Morgan fingerprint density at radius 3 is 2.32 bits per heavy atom. The summed E-state index contributed by atoms with van der Waals surface area (Å²) in [6, 6.07) is 10.3. The molecule has 0 unspecified atom stereocenters. The average molecular weight is 490 g/mol. The minimum Gasteiger partial charge on any atom is -0.333 e. The Balaban J connectivity index is 1.49. The third kappa shape index (κ3) is 4.45. The minimum atomic E-state index is -4.01. The van der Waals surface area contributed by atoms with Crippen molar-refractivity contribution in [2.75, 3.05) is 26.2 Å². The molecule has 180 valence electrons. The maximum Gasteiger partial charge on any atom is 0.293 e. The highest BCUT2D eigenvalue weighted by Crippen LogP contribution is 2.24. The number of hydrogen-bond acceptors (Lipinski definition) is 5.